The van der Waals surface area contributed by atoms with Crippen LogP contribution in [0.2, 0.25) is 0 Å². The normalized spacial score (nSPS) is 11.2. The zero-order valence-electron chi connectivity index (χ0n) is 14.6. The standard InChI is InChI=1S/C20H21N3O2/c1-13-8-14(2)20(15(3)9-13)25-12-19(24)23-22-11-16-10-21-18-7-5-4-6-17(16)18/h4-11,21H,12H2,1-3H3,(H,23,24)/b22-11+. The first-order chi connectivity index (χ1) is 12.0. The number of H-pyrrole nitrogens is 1. The van der Waals surface area contributed by atoms with Gasteiger partial charge in [-0.15, -0.1) is 0 Å². The van der Waals surface area contributed by atoms with Crippen molar-refractivity contribution < 1.29 is 9.53 Å². The van der Waals surface area contributed by atoms with Crippen LogP contribution < -0.4 is 10.2 Å². The molecule has 2 aromatic carbocycles. The fourth-order valence-electron chi connectivity index (χ4n) is 2.94. The van der Waals surface area contributed by atoms with Gasteiger partial charge in [0, 0.05) is 22.7 Å². The lowest BCUT2D eigenvalue weighted by molar-refractivity contribution is -0.123. The number of aromatic nitrogens is 1. The first-order valence-electron chi connectivity index (χ1n) is 8.13. The fourth-order valence-corrected chi connectivity index (χ4v) is 2.94. The summed E-state index contributed by atoms with van der Waals surface area (Å²) in [4.78, 5) is 15.1. The van der Waals surface area contributed by atoms with Gasteiger partial charge < -0.3 is 9.72 Å². The van der Waals surface area contributed by atoms with E-state index in [1.165, 1.54) is 5.56 Å². The molecule has 0 saturated carbocycles. The second-order valence-electron chi connectivity index (χ2n) is 6.10. The first-order valence-corrected chi connectivity index (χ1v) is 8.13. The van der Waals surface area contributed by atoms with Gasteiger partial charge in [-0.1, -0.05) is 35.9 Å². The predicted octanol–water partition coefficient (Wildman–Crippen LogP) is 3.62. The Morgan fingerprint density at radius 1 is 1.20 bits per heavy atom. The van der Waals surface area contributed by atoms with Crippen LogP contribution in [-0.2, 0) is 4.79 Å². The summed E-state index contributed by atoms with van der Waals surface area (Å²) in [5.74, 6) is 0.455. The Morgan fingerprint density at radius 3 is 2.68 bits per heavy atom. The van der Waals surface area contributed by atoms with Gasteiger partial charge in [-0.25, -0.2) is 5.43 Å². The van der Waals surface area contributed by atoms with Crippen LogP contribution in [0, 0.1) is 20.8 Å². The Labute approximate surface area is 146 Å². The Balaban J connectivity index is 1.58. The number of para-hydroxylation sites is 1. The van der Waals surface area contributed by atoms with Gasteiger partial charge in [0.1, 0.15) is 5.75 Å². The highest BCUT2D eigenvalue weighted by Crippen LogP contribution is 2.24. The minimum absolute atomic E-state index is 0.0734. The molecule has 25 heavy (non-hydrogen) atoms. The van der Waals surface area contributed by atoms with Crippen LogP contribution in [0.5, 0.6) is 5.75 Å². The minimum atomic E-state index is -0.296. The number of aromatic amines is 1. The molecule has 3 rings (SSSR count). The summed E-state index contributed by atoms with van der Waals surface area (Å²) in [5.41, 5.74) is 7.67. The SMILES string of the molecule is Cc1cc(C)c(OCC(=O)N/N=C/c2c[nH]c3ccccc23)c(C)c1. The van der Waals surface area contributed by atoms with Gasteiger partial charge in [0.15, 0.2) is 6.61 Å². The average Bonchev–Trinajstić information content (AvgIpc) is 2.97. The van der Waals surface area contributed by atoms with Crippen LogP contribution in [0.3, 0.4) is 0 Å². The van der Waals surface area contributed by atoms with Gasteiger partial charge in [0.25, 0.3) is 5.91 Å². The highest BCUT2D eigenvalue weighted by Gasteiger charge is 2.08. The van der Waals surface area contributed by atoms with E-state index in [2.05, 4.69) is 15.5 Å². The molecule has 0 fully saturated rings. The van der Waals surface area contributed by atoms with Crippen LogP contribution in [0.4, 0.5) is 0 Å². The number of nitrogens with zero attached hydrogens (tertiary/aromatic N) is 1. The van der Waals surface area contributed by atoms with E-state index < -0.39 is 0 Å². The molecule has 5 heteroatoms. The number of benzene rings is 2. The van der Waals surface area contributed by atoms with E-state index in [1.54, 1.807) is 6.21 Å². The number of hydrogen-bond donors (Lipinski definition) is 2. The van der Waals surface area contributed by atoms with Crippen molar-refractivity contribution >= 4 is 23.0 Å². The van der Waals surface area contributed by atoms with Gasteiger partial charge in [-0.3, -0.25) is 4.79 Å². The van der Waals surface area contributed by atoms with Gasteiger partial charge in [-0.2, -0.15) is 5.10 Å². The van der Waals surface area contributed by atoms with E-state index in [-0.39, 0.29) is 12.5 Å². The van der Waals surface area contributed by atoms with Crippen molar-refractivity contribution in [2.24, 2.45) is 5.10 Å². The summed E-state index contributed by atoms with van der Waals surface area (Å²) in [6, 6.07) is 12.0. The van der Waals surface area contributed by atoms with Crippen LogP contribution in [0.25, 0.3) is 10.9 Å². The molecule has 0 aliphatic heterocycles. The Kier molecular flexibility index (Phi) is 4.84. The van der Waals surface area contributed by atoms with E-state index in [1.807, 2.05) is 63.4 Å². The van der Waals surface area contributed by atoms with Crippen molar-refractivity contribution in [3.05, 3.63) is 64.8 Å². The molecular weight excluding hydrogens is 314 g/mol. The topological polar surface area (TPSA) is 66.5 Å². The third-order valence-corrected chi connectivity index (χ3v) is 3.97. The third kappa shape index (κ3) is 3.88. The number of hydrazone groups is 1. The van der Waals surface area contributed by atoms with E-state index in [9.17, 15) is 4.79 Å². The molecule has 0 atom stereocenters. The van der Waals surface area contributed by atoms with E-state index in [0.717, 1.165) is 33.3 Å². The van der Waals surface area contributed by atoms with Gasteiger partial charge in [0.05, 0.1) is 6.21 Å². The lowest BCUT2D eigenvalue weighted by Gasteiger charge is -2.12. The summed E-state index contributed by atoms with van der Waals surface area (Å²) in [6.45, 7) is 5.91. The van der Waals surface area contributed by atoms with E-state index in [0.29, 0.717) is 0 Å². The van der Waals surface area contributed by atoms with E-state index in [4.69, 9.17) is 4.74 Å². The van der Waals surface area contributed by atoms with Crippen molar-refractivity contribution in [3.8, 4) is 5.75 Å². The van der Waals surface area contributed by atoms with Crippen molar-refractivity contribution in [3.63, 3.8) is 0 Å². The smallest absolute Gasteiger partial charge is 0.277 e. The zero-order valence-corrected chi connectivity index (χ0v) is 14.6. The molecule has 1 aromatic heterocycles. The monoisotopic (exact) mass is 335 g/mol. The van der Waals surface area contributed by atoms with Gasteiger partial charge in [-0.05, 0) is 38.0 Å². The van der Waals surface area contributed by atoms with Gasteiger partial charge in [0.2, 0.25) is 0 Å². The van der Waals surface area contributed by atoms with Crippen molar-refractivity contribution in [1.82, 2.24) is 10.4 Å². The Hall–Kier alpha value is -3.08. The molecule has 0 aliphatic carbocycles. The quantitative estimate of drug-likeness (QED) is 0.552. The fraction of sp³-hybridized carbons (Fsp3) is 0.200. The molecule has 0 saturated heterocycles. The Bertz CT molecular complexity index is 918. The molecule has 128 valence electrons. The molecule has 1 amide bonds. The second kappa shape index (κ2) is 7.21. The summed E-state index contributed by atoms with van der Waals surface area (Å²) in [6.07, 6.45) is 3.48. The highest BCUT2D eigenvalue weighted by molar-refractivity contribution is 5.99. The van der Waals surface area contributed by atoms with Crippen molar-refractivity contribution in [1.29, 1.82) is 0 Å². The maximum absolute atomic E-state index is 11.9. The molecule has 3 aromatic rings. The average molecular weight is 335 g/mol. The zero-order chi connectivity index (χ0) is 17.8. The molecule has 0 radical (unpaired) electrons. The Morgan fingerprint density at radius 2 is 1.92 bits per heavy atom. The number of carbonyl (C=O) groups is 1. The lowest BCUT2D eigenvalue weighted by Crippen LogP contribution is -2.25. The predicted molar refractivity (Wildman–Crippen MR) is 100 cm³/mol. The number of nitrogens with one attached hydrogen (secondary N) is 2. The van der Waals surface area contributed by atoms with Crippen molar-refractivity contribution in [2.45, 2.75) is 20.8 Å². The molecule has 2 N–H and O–H groups in total. The summed E-state index contributed by atoms with van der Waals surface area (Å²) in [7, 11) is 0. The molecule has 0 aliphatic rings. The molecule has 0 unspecified atom stereocenters. The number of ether oxygens (including phenoxy) is 1. The van der Waals surface area contributed by atoms with Crippen LogP contribution in [0.15, 0.2) is 47.7 Å². The molecular formula is C20H21N3O2. The van der Waals surface area contributed by atoms with Crippen LogP contribution in [0.1, 0.15) is 22.3 Å². The summed E-state index contributed by atoms with van der Waals surface area (Å²) >= 11 is 0. The van der Waals surface area contributed by atoms with Gasteiger partial charge >= 0.3 is 0 Å². The first kappa shape index (κ1) is 16.8. The molecule has 0 spiro atoms. The number of hydrogen-bond acceptors (Lipinski definition) is 3. The van der Waals surface area contributed by atoms with Crippen LogP contribution >= 0.6 is 0 Å². The van der Waals surface area contributed by atoms with Crippen molar-refractivity contribution in [2.75, 3.05) is 6.61 Å². The molecule has 5 nitrogen and oxygen atoms in total. The number of amides is 1. The van der Waals surface area contributed by atoms with E-state index >= 15 is 0 Å². The summed E-state index contributed by atoms with van der Waals surface area (Å²) < 4.78 is 5.65. The maximum Gasteiger partial charge on any atom is 0.277 e. The number of fused-ring (bicyclic) bond motifs is 1. The minimum Gasteiger partial charge on any atom is -0.483 e. The second-order valence-corrected chi connectivity index (χ2v) is 6.10. The molecule has 1 heterocycles. The summed E-state index contributed by atoms with van der Waals surface area (Å²) in [5, 5.41) is 5.07. The highest BCUT2D eigenvalue weighted by atomic mass is 16.5. The number of rotatable bonds is 5. The largest absolute Gasteiger partial charge is 0.483 e. The number of aryl methyl sites for hydroxylation is 3. The molecule has 0 bridgehead atoms. The number of carbonyl (C=O) groups excluding carboxylic acids is 1. The third-order valence-electron chi connectivity index (χ3n) is 3.97. The van der Waals surface area contributed by atoms with Crippen LogP contribution in [-0.4, -0.2) is 23.7 Å². The lowest BCUT2D eigenvalue weighted by atomic mass is 10.1. The maximum atomic E-state index is 11.9.